The van der Waals surface area contributed by atoms with E-state index in [0.717, 1.165) is 30.4 Å². The van der Waals surface area contributed by atoms with Gasteiger partial charge in [-0.05, 0) is 25.0 Å². The molecule has 12 heteroatoms. The predicted molar refractivity (Wildman–Crippen MR) is 152 cm³/mol. The van der Waals surface area contributed by atoms with Crippen molar-refractivity contribution in [2.45, 2.75) is 38.8 Å². The number of benzene rings is 1. The number of aliphatic hydroxyl groups is 1. The van der Waals surface area contributed by atoms with Gasteiger partial charge in [-0.15, -0.1) is 12.4 Å². The summed E-state index contributed by atoms with van der Waals surface area (Å²) in [4.78, 5) is 15.1. The van der Waals surface area contributed by atoms with E-state index >= 15 is 0 Å². The zero-order valence-electron chi connectivity index (χ0n) is 22.3. The lowest BCUT2D eigenvalue weighted by Crippen LogP contribution is -2.51. The Balaban J connectivity index is 0.00000353. The lowest BCUT2D eigenvalue weighted by molar-refractivity contribution is 0.141. The quantitative estimate of drug-likeness (QED) is 0.453. The highest BCUT2D eigenvalue weighted by molar-refractivity contribution is 5.85. The zero-order valence-corrected chi connectivity index (χ0v) is 23.2. The first kappa shape index (κ1) is 28.7. The van der Waals surface area contributed by atoms with E-state index in [4.69, 9.17) is 5.73 Å². The van der Waals surface area contributed by atoms with E-state index in [9.17, 15) is 13.9 Å². The summed E-state index contributed by atoms with van der Waals surface area (Å²) in [5.74, 6) is 0.497. The minimum absolute atomic E-state index is 0. The lowest BCUT2D eigenvalue weighted by Gasteiger charge is -2.40. The minimum Gasteiger partial charge on any atom is -0.389 e. The molecule has 2 aliphatic rings. The summed E-state index contributed by atoms with van der Waals surface area (Å²) in [5, 5.41) is 14.3. The van der Waals surface area contributed by atoms with Crippen LogP contribution in [0.3, 0.4) is 0 Å². The van der Waals surface area contributed by atoms with Crippen LogP contribution in [-0.2, 0) is 0 Å². The van der Waals surface area contributed by atoms with Gasteiger partial charge in [0.05, 0.1) is 18.0 Å². The van der Waals surface area contributed by atoms with Gasteiger partial charge in [0.1, 0.15) is 17.5 Å². The Morgan fingerprint density at radius 1 is 1.03 bits per heavy atom. The molecule has 9 nitrogen and oxygen atoms in total. The largest absolute Gasteiger partial charge is 0.389 e. The molecule has 0 radical (unpaired) electrons. The third kappa shape index (κ3) is 6.32. The van der Waals surface area contributed by atoms with Crippen molar-refractivity contribution in [3.63, 3.8) is 0 Å². The van der Waals surface area contributed by atoms with Crippen molar-refractivity contribution in [2.24, 2.45) is 0 Å². The van der Waals surface area contributed by atoms with Crippen LogP contribution in [0.5, 0.6) is 0 Å². The molecule has 210 valence electrons. The number of nitrogens with zero attached hydrogens (tertiary/aromatic N) is 7. The highest BCUT2D eigenvalue weighted by Crippen LogP contribution is 2.27. The van der Waals surface area contributed by atoms with Gasteiger partial charge in [-0.1, -0.05) is 26.0 Å². The second kappa shape index (κ2) is 11.8. The molecule has 4 heterocycles. The summed E-state index contributed by atoms with van der Waals surface area (Å²) in [6.07, 6.45) is 5.69. The van der Waals surface area contributed by atoms with Crippen molar-refractivity contribution in [1.29, 1.82) is 0 Å². The number of hydrogen-bond acceptors (Lipinski definition) is 8. The number of halogens is 3. The summed E-state index contributed by atoms with van der Waals surface area (Å²) in [6, 6.07) is 5.74. The Bertz CT molecular complexity index is 1310. The maximum absolute atomic E-state index is 13.7. The third-order valence-electron chi connectivity index (χ3n) is 7.12. The summed E-state index contributed by atoms with van der Waals surface area (Å²) >= 11 is 0. The smallest absolute Gasteiger partial charge is 0.224 e. The third-order valence-corrected chi connectivity index (χ3v) is 7.12. The Morgan fingerprint density at radius 2 is 1.72 bits per heavy atom. The van der Waals surface area contributed by atoms with Crippen molar-refractivity contribution in [2.75, 3.05) is 54.8 Å². The molecule has 0 saturated carbocycles. The van der Waals surface area contributed by atoms with E-state index in [1.165, 1.54) is 12.1 Å². The first-order valence-electron chi connectivity index (χ1n) is 13.0. The van der Waals surface area contributed by atoms with Crippen LogP contribution in [0.1, 0.15) is 37.9 Å². The number of nitrogens with two attached hydrogens (primary N) is 1. The van der Waals surface area contributed by atoms with Gasteiger partial charge in [-0.3, -0.25) is 4.90 Å². The number of anilines is 3. The van der Waals surface area contributed by atoms with Crippen LogP contribution in [0.15, 0.2) is 36.5 Å². The molecule has 2 aromatic heterocycles. The maximum atomic E-state index is 13.7. The molecule has 2 fully saturated rings. The van der Waals surface area contributed by atoms with E-state index in [1.807, 2.05) is 26.7 Å². The van der Waals surface area contributed by atoms with Gasteiger partial charge < -0.3 is 20.6 Å². The average molecular weight is 561 g/mol. The van der Waals surface area contributed by atoms with E-state index in [0.29, 0.717) is 43.5 Å². The SMILES string of the molecule is CC(C)c1c(C=CCN2CCN(c3cc(F)cc(F)c3)C[C@H]2C)cnn1-c1cc(N2CC(O)C2)nc(N)n1.Cl. The molecule has 39 heavy (non-hydrogen) atoms. The molecule has 0 spiro atoms. The molecule has 1 atom stereocenters. The van der Waals surface area contributed by atoms with Crippen LogP contribution in [0.2, 0.25) is 0 Å². The molecule has 0 unspecified atom stereocenters. The standard InChI is InChI=1S/C27H34F2N8O.ClH/c1-17(2)26-19(13-31-37(26)25-12-24(32-27(30)33-25)36-15-23(38)16-36)5-4-6-34-7-8-35(14-18(34)3)22-10-20(28)9-21(29)11-22;/h4-5,9-13,17-18,23,38H,6-8,14-16H2,1-3H3,(H2,30,32,33);1H/t18-;/m1./s1. The number of hydrogen-bond donors (Lipinski definition) is 2. The average Bonchev–Trinajstić information content (AvgIpc) is 3.26. The molecule has 0 amide bonds. The highest BCUT2D eigenvalue weighted by Gasteiger charge is 2.27. The molecular formula is C27H35ClF2N8O. The molecular weight excluding hydrogens is 526 g/mol. The first-order chi connectivity index (χ1) is 18.2. The summed E-state index contributed by atoms with van der Waals surface area (Å²) in [6.45, 7) is 10.3. The Morgan fingerprint density at radius 3 is 2.36 bits per heavy atom. The van der Waals surface area contributed by atoms with Crippen LogP contribution in [0.4, 0.5) is 26.2 Å². The fourth-order valence-corrected chi connectivity index (χ4v) is 5.15. The van der Waals surface area contributed by atoms with Crippen LogP contribution >= 0.6 is 12.4 Å². The van der Waals surface area contributed by atoms with E-state index in [1.54, 1.807) is 0 Å². The van der Waals surface area contributed by atoms with Crippen LogP contribution in [0.25, 0.3) is 11.9 Å². The van der Waals surface area contributed by atoms with Gasteiger partial charge in [-0.2, -0.15) is 15.1 Å². The van der Waals surface area contributed by atoms with E-state index in [2.05, 4.69) is 52.9 Å². The number of aliphatic hydroxyl groups excluding tert-OH is 1. The van der Waals surface area contributed by atoms with E-state index < -0.39 is 11.6 Å². The number of β-amino-alcohol motifs (C(OH)–C–C–N with tert-alkyl or cyclic N) is 1. The van der Waals surface area contributed by atoms with Crippen LogP contribution in [-0.4, -0.2) is 81.2 Å². The van der Waals surface area contributed by atoms with Crippen molar-refractivity contribution in [3.8, 4) is 5.82 Å². The van der Waals surface area contributed by atoms with Gasteiger partial charge in [0.15, 0.2) is 5.82 Å². The Kier molecular flexibility index (Phi) is 8.73. The zero-order chi connectivity index (χ0) is 27.0. The second-order valence-corrected chi connectivity index (χ2v) is 10.4. The van der Waals surface area contributed by atoms with Gasteiger partial charge in [0.25, 0.3) is 0 Å². The number of aromatic nitrogens is 4. The fraction of sp³-hybridized carbons (Fsp3) is 0.444. The van der Waals surface area contributed by atoms with Gasteiger partial charge in [0.2, 0.25) is 5.95 Å². The van der Waals surface area contributed by atoms with Crippen molar-refractivity contribution in [1.82, 2.24) is 24.6 Å². The molecule has 3 N–H and O–H groups in total. The van der Waals surface area contributed by atoms with Crippen LogP contribution < -0.4 is 15.5 Å². The molecule has 0 bridgehead atoms. The number of rotatable bonds is 7. The fourth-order valence-electron chi connectivity index (χ4n) is 5.15. The topological polar surface area (TPSA) is 99.6 Å². The van der Waals surface area contributed by atoms with E-state index in [-0.39, 0.29) is 36.4 Å². The second-order valence-electron chi connectivity index (χ2n) is 10.4. The first-order valence-corrected chi connectivity index (χ1v) is 13.0. The molecule has 1 aromatic carbocycles. The monoisotopic (exact) mass is 560 g/mol. The summed E-state index contributed by atoms with van der Waals surface area (Å²) < 4.78 is 29.2. The Hall–Kier alpha value is -3.28. The van der Waals surface area contributed by atoms with Gasteiger partial charge in [-0.25, -0.2) is 13.5 Å². The molecule has 5 rings (SSSR count). The summed E-state index contributed by atoms with van der Waals surface area (Å²) in [7, 11) is 0. The maximum Gasteiger partial charge on any atom is 0.224 e. The normalized spacial score (nSPS) is 18.6. The van der Waals surface area contributed by atoms with Gasteiger partial charge in [0, 0.05) is 68.7 Å². The predicted octanol–water partition coefficient (Wildman–Crippen LogP) is 3.47. The highest BCUT2D eigenvalue weighted by atomic mass is 35.5. The van der Waals surface area contributed by atoms with Crippen molar-refractivity contribution < 1.29 is 13.9 Å². The molecule has 2 aliphatic heterocycles. The van der Waals surface area contributed by atoms with Crippen molar-refractivity contribution >= 4 is 35.9 Å². The Labute approximate surface area is 233 Å². The minimum atomic E-state index is -0.556. The molecule has 3 aromatic rings. The van der Waals surface area contributed by atoms with Crippen LogP contribution in [0, 0.1) is 11.6 Å². The molecule has 2 saturated heterocycles. The van der Waals surface area contributed by atoms with Crippen molar-refractivity contribution in [3.05, 3.63) is 59.4 Å². The lowest BCUT2D eigenvalue weighted by atomic mass is 10.1. The van der Waals surface area contributed by atoms with Gasteiger partial charge >= 0.3 is 0 Å². The summed E-state index contributed by atoms with van der Waals surface area (Å²) in [5.41, 5.74) is 8.60. The number of piperazine rings is 1. The number of nitrogen functional groups attached to an aromatic ring is 1. The molecule has 0 aliphatic carbocycles.